The predicted octanol–water partition coefficient (Wildman–Crippen LogP) is 1.75. The highest BCUT2D eigenvalue weighted by Gasteiger charge is 2.23. The summed E-state index contributed by atoms with van der Waals surface area (Å²) in [7, 11) is -1.50. The number of likely N-dealkylation sites (N-methyl/N-ethyl adjacent to an activating group) is 1. The molecule has 5 rings (SSSR count). The van der Waals surface area contributed by atoms with Crippen LogP contribution in [-0.4, -0.2) is 87.6 Å². The summed E-state index contributed by atoms with van der Waals surface area (Å²) in [4.78, 5) is 39.4. The zero-order valence-corrected chi connectivity index (χ0v) is 23.1. The first-order valence-corrected chi connectivity index (χ1v) is 14.8. The normalized spacial score (nSPS) is 14.9. The van der Waals surface area contributed by atoms with Crippen molar-refractivity contribution in [2.45, 2.75) is 17.9 Å². The third-order valence-electron chi connectivity index (χ3n) is 6.44. The number of hydrogen-bond acceptors (Lipinski definition) is 9. The minimum atomic E-state index is -3.51. The largest absolute Gasteiger partial charge is 0.501 e. The van der Waals surface area contributed by atoms with Crippen molar-refractivity contribution in [1.82, 2.24) is 28.7 Å². The Bertz CT molecular complexity index is 1700. The van der Waals surface area contributed by atoms with E-state index in [1.807, 2.05) is 7.05 Å². The Morgan fingerprint density at radius 2 is 1.92 bits per heavy atom. The molecule has 3 aromatic heterocycles. The number of aromatic nitrogens is 4. The van der Waals surface area contributed by atoms with Crippen LogP contribution in [0.2, 0.25) is 5.02 Å². The molecular weight excluding hydrogens is 552 g/mol. The van der Waals surface area contributed by atoms with E-state index < -0.39 is 21.1 Å². The molecule has 0 radical (unpaired) electrons. The molecule has 1 aliphatic rings. The van der Waals surface area contributed by atoms with E-state index in [1.165, 1.54) is 28.0 Å². The molecule has 1 aromatic carbocycles. The van der Waals surface area contributed by atoms with E-state index in [0.29, 0.717) is 33.6 Å². The van der Waals surface area contributed by atoms with Crippen LogP contribution in [0.5, 0.6) is 5.75 Å². The van der Waals surface area contributed by atoms with Gasteiger partial charge in [0, 0.05) is 67.3 Å². The summed E-state index contributed by atoms with van der Waals surface area (Å²) >= 11 is 7.19. The SMILES string of the molecule is CN1CCN(C(=O)Cn2ccn3c(=O)c(O)c(-c4ncc(Cc5ccc(Cl)cc5S(C)(=O)=O)s4)nc23)CC1. The quantitative estimate of drug-likeness (QED) is 0.367. The van der Waals surface area contributed by atoms with E-state index >= 15 is 0 Å². The second kappa shape index (κ2) is 10.1. The maximum atomic E-state index is 12.9. The first-order valence-electron chi connectivity index (χ1n) is 11.7. The summed E-state index contributed by atoms with van der Waals surface area (Å²) in [6, 6.07) is 4.68. The fourth-order valence-corrected chi connectivity index (χ4v) is 6.46. The Morgan fingerprint density at radius 3 is 2.63 bits per heavy atom. The van der Waals surface area contributed by atoms with Crippen molar-refractivity contribution >= 4 is 44.5 Å². The zero-order chi connectivity index (χ0) is 27.2. The molecular formula is C24H25ClN6O5S2. The lowest BCUT2D eigenvalue weighted by atomic mass is 10.1. The van der Waals surface area contributed by atoms with Gasteiger partial charge in [-0.2, -0.15) is 0 Å². The molecule has 14 heteroatoms. The Kier molecular flexibility index (Phi) is 7.03. The Morgan fingerprint density at radius 1 is 1.18 bits per heavy atom. The van der Waals surface area contributed by atoms with E-state index in [1.54, 1.807) is 34.0 Å². The Labute approximate surface area is 227 Å². The van der Waals surface area contributed by atoms with Gasteiger partial charge in [0.15, 0.2) is 15.5 Å². The lowest BCUT2D eigenvalue weighted by Crippen LogP contribution is -2.48. The Hall–Kier alpha value is -3.26. The van der Waals surface area contributed by atoms with Gasteiger partial charge in [-0.05, 0) is 24.7 Å². The number of amides is 1. The van der Waals surface area contributed by atoms with Gasteiger partial charge >= 0.3 is 5.56 Å². The second-order valence-corrected chi connectivity index (χ2v) is 12.8. The number of benzene rings is 1. The standard InChI is InChI=1S/C24H25ClN6O5S2/c1-28-5-7-29(8-6-28)19(32)14-30-9-10-31-23(34)21(33)20(27-24(30)31)22-26-13-17(37-22)11-15-3-4-16(25)12-18(15)38(2,35)36/h3-4,9-10,12-13,33H,5-8,11,14H2,1-2H3. The van der Waals surface area contributed by atoms with Crippen LogP contribution in [0.25, 0.3) is 16.5 Å². The van der Waals surface area contributed by atoms with Crippen molar-refractivity contribution in [1.29, 1.82) is 0 Å². The lowest BCUT2D eigenvalue weighted by molar-refractivity contribution is -0.133. The molecule has 0 saturated carbocycles. The van der Waals surface area contributed by atoms with Crippen LogP contribution in [0, 0.1) is 0 Å². The van der Waals surface area contributed by atoms with Crippen LogP contribution in [0.15, 0.2) is 46.5 Å². The number of aromatic hydroxyl groups is 1. The molecule has 1 saturated heterocycles. The highest BCUT2D eigenvalue weighted by atomic mass is 35.5. The fraction of sp³-hybridized carbons (Fsp3) is 0.333. The van der Waals surface area contributed by atoms with Gasteiger partial charge < -0.3 is 19.5 Å². The van der Waals surface area contributed by atoms with Gasteiger partial charge in [-0.1, -0.05) is 17.7 Å². The lowest BCUT2D eigenvalue weighted by Gasteiger charge is -2.32. The van der Waals surface area contributed by atoms with Gasteiger partial charge in [0.1, 0.15) is 11.6 Å². The van der Waals surface area contributed by atoms with Crippen LogP contribution in [0.1, 0.15) is 10.4 Å². The van der Waals surface area contributed by atoms with Gasteiger partial charge in [-0.15, -0.1) is 11.3 Å². The van der Waals surface area contributed by atoms with Crippen molar-refractivity contribution in [2.24, 2.45) is 0 Å². The smallest absolute Gasteiger partial charge is 0.302 e. The monoisotopic (exact) mass is 576 g/mol. The van der Waals surface area contributed by atoms with E-state index in [2.05, 4.69) is 14.9 Å². The molecule has 1 N–H and O–H groups in total. The predicted molar refractivity (Wildman–Crippen MR) is 144 cm³/mol. The highest BCUT2D eigenvalue weighted by Crippen LogP contribution is 2.31. The van der Waals surface area contributed by atoms with Crippen LogP contribution in [-0.2, 0) is 27.6 Å². The number of rotatable bonds is 6. The Balaban J connectivity index is 1.45. The van der Waals surface area contributed by atoms with E-state index in [4.69, 9.17) is 11.6 Å². The second-order valence-electron chi connectivity index (χ2n) is 9.23. The van der Waals surface area contributed by atoms with Gasteiger partial charge in [-0.3, -0.25) is 9.59 Å². The van der Waals surface area contributed by atoms with Crippen LogP contribution in [0.3, 0.4) is 0 Å². The summed E-state index contributed by atoms with van der Waals surface area (Å²) in [5.41, 5.74) is -0.126. The molecule has 38 heavy (non-hydrogen) atoms. The maximum absolute atomic E-state index is 12.9. The summed E-state index contributed by atoms with van der Waals surface area (Å²) in [5.74, 6) is -0.435. The molecule has 0 aliphatic carbocycles. The van der Waals surface area contributed by atoms with Gasteiger partial charge in [0.25, 0.3) is 0 Å². The number of fused-ring (bicyclic) bond motifs is 1. The number of nitrogens with zero attached hydrogens (tertiary/aromatic N) is 6. The van der Waals surface area contributed by atoms with Gasteiger partial charge in [0.2, 0.25) is 17.4 Å². The summed E-state index contributed by atoms with van der Waals surface area (Å²) in [6.07, 6.45) is 5.98. The summed E-state index contributed by atoms with van der Waals surface area (Å²) in [5, 5.41) is 11.2. The fourth-order valence-electron chi connectivity index (χ4n) is 4.34. The average molecular weight is 577 g/mol. The van der Waals surface area contributed by atoms with Crippen LogP contribution in [0.4, 0.5) is 0 Å². The third kappa shape index (κ3) is 5.19. The molecule has 1 aliphatic heterocycles. The minimum absolute atomic E-state index is 0.00214. The number of halogens is 1. The number of thiazole rings is 1. The third-order valence-corrected chi connectivity index (χ3v) is 8.85. The first kappa shape index (κ1) is 26.4. The zero-order valence-electron chi connectivity index (χ0n) is 20.7. The topological polar surface area (TPSA) is 130 Å². The number of carbonyl (C=O) groups excluding carboxylic acids is 1. The van der Waals surface area contributed by atoms with Gasteiger partial charge in [-0.25, -0.2) is 22.8 Å². The maximum Gasteiger partial charge on any atom is 0.302 e. The number of sulfone groups is 1. The molecule has 4 heterocycles. The van der Waals surface area contributed by atoms with E-state index in [9.17, 15) is 23.1 Å². The van der Waals surface area contributed by atoms with E-state index in [-0.39, 0.29) is 35.2 Å². The molecule has 0 bridgehead atoms. The summed E-state index contributed by atoms with van der Waals surface area (Å²) in [6.45, 7) is 2.85. The molecule has 11 nitrogen and oxygen atoms in total. The molecule has 0 unspecified atom stereocenters. The highest BCUT2D eigenvalue weighted by molar-refractivity contribution is 7.90. The summed E-state index contributed by atoms with van der Waals surface area (Å²) < 4.78 is 27.3. The first-order chi connectivity index (χ1) is 18.0. The molecule has 1 amide bonds. The van der Waals surface area contributed by atoms with Crippen molar-refractivity contribution < 1.29 is 18.3 Å². The van der Waals surface area contributed by atoms with Crippen molar-refractivity contribution in [3.63, 3.8) is 0 Å². The van der Waals surface area contributed by atoms with Crippen LogP contribution < -0.4 is 5.56 Å². The van der Waals surface area contributed by atoms with E-state index in [0.717, 1.165) is 19.3 Å². The van der Waals surface area contributed by atoms with Crippen molar-refractivity contribution in [3.05, 3.63) is 62.6 Å². The average Bonchev–Trinajstić information content (AvgIpc) is 3.49. The molecule has 1 fully saturated rings. The van der Waals surface area contributed by atoms with Crippen molar-refractivity contribution in [2.75, 3.05) is 39.5 Å². The number of imidazole rings is 1. The van der Waals surface area contributed by atoms with Crippen LogP contribution >= 0.6 is 22.9 Å². The van der Waals surface area contributed by atoms with Gasteiger partial charge in [0.05, 0.1) is 4.90 Å². The number of piperazine rings is 1. The number of carbonyl (C=O) groups is 1. The molecule has 0 spiro atoms. The molecule has 200 valence electrons. The minimum Gasteiger partial charge on any atom is -0.501 e. The molecule has 4 aromatic rings. The number of hydrogen-bond donors (Lipinski definition) is 1. The molecule has 0 atom stereocenters. The van der Waals surface area contributed by atoms with Crippen molar-refractivity contribution in [3.8, 4) is 16.5 Å².